The summed E-state index contributed by atoms with van der Waals surface area (Å²) in [5.74, 6) is 0.323. The highest BCUT2D eigenvalue weighted by Crippen LogP contribution is 2.33. The molecule has 0 bridgehead atoms. The zero-order valence-corrected chi connectivity index (χ0v) is 18.7. The van der Waals surface area contributed by atoms with Gasteiger partial charge in [-0.05, 0) is 55.3 Å². The first kappa shape index (κ1) is 20.6. The Morgan fingerprint density at radius 2 is 1.97 bits per heavy atom. The van der Waals surface area contributed by atoms with Crippen LogP contribution < -0.4 is 10.3 Å². The highest BCUT2D eigenvalue weighted by Gasteiger charge is 2.30. The van der Waals surface area contributed by atoms with E-state index >= 15 is 0 Å². The zero-order valence-electron chi connectivity index (χ0n) is 16.3. The summed E-state index contributed by atoms with van der Waals surface area (Å²) in [4.78, 5) is 32.0. The second kappa shape index (κ2) is 7.86. The molecule has 0 unspecified atom stereocenters. The molecule has 0 aliphatic carbocycles. The van der Waals surface area contributed by atoms with Crippen LogP contribution in [0.4, 0.5) is 0 Å². The number of likely N-dealkylation sites (N-methyl/N-ethyl adjacent to an activating group) is 1. The normalized spacial score (nSPS) is 15.5. The highest BCUT2D eigenvalue weighted by atomic mass is 35.5. The number of carbonyl (C=O) groups is 1. The molecule has 1 aliphatic rings. The number of carbonyl (C=O) groups excluding carboxylic acids is 1. The molecular weight excluding hydrogens is 442 g/mol. The lowest BCUT2D eigenvalue weighted by atomic mass is 10.2. The fourth-order valence-electron chi connectivity index (χ4n) is 2.96. The number of nitrogens with zero attached hydrogens (tertiary/aromatic N) is 3. The van der Waals surface area contributed by atoms with Gasteiger partial charge in [0, 0.05) is 18.3 Å². The van der Waals surface area contributed by atoms with Gasteiger partial charge in [0.2, 0.25) is 5.88 Å². The van der Waals surface area contributed by atoms with Crippen molar-refractivity contribution in [3.05, 3.63) is 73.5 Å². The molecule has 152 valence electrons. The van der Waals surface area contributed by atoms with Crippen molar-refractivity contribution in [2.24, 2.45) is 0 Å². The Hall–Kier alpha value is -2.68. The largest absolute Gasteiger partial charge is 0.438 e. The Morgan fingerprint density at radius 3 is 2.63 bits per heavy atom. The molecule has 0 spiro atoms. The van der Waals surface area contributed by atoms with Crippen LogP contribution >= 0.6 is 35.6 Å². The van der Waals surface area contributed by atoms with Crippen molar-refractivity contribution in [3.8, 4) is 11.6 Å². The van der Waals surface area contributed by atoms with Gasteiger partial charge in [-0.2, -0.15) is 4.98 Å². The third kappa shape index (κ3) is 3.62. The van der Waals surface area contributed by atoms with Gasteiger partial charge in [-0.1, -0.05) is 41.6 Å². The van der Waals surface area contributed by atoms with Crippen LogP contribution in [0.5, 0.6) is 11.6 Å². The molecule has 0 saturated carbocycles. The fraction of sp³-hybridized carbons (Fsp3) is 0.143. The highest BCUT2D eigenvalue weighted by molar-refractivity contribution is 8.26. The van der Waals surface area contributed by atoms with Crippen LogP contribution in [-0.4, -0.2) is 31.6 Å². The molecule has 1 amide bonds. The Balaban J connectivity index is 1.93. The van der Waals surface area contributed by atoms with Gasteiger partial charge < -0.3 is 4.74 Å². The molecule has 1 aromatic carbocycles. The average molecular weight is 458 g/mol. The minimum Gasteiger partial charge on any atom is -0.438 e. The molecule has 1 fully saturated rings. The Morgan fingerprint density at radius 1 is 1.20 bits per heavy atom. The Bertz CT molecular complexity index is 1320. The number of ether oxygens (including phenoxy) is 1. The molecule has 1 saturated heterocycles. The molecule has 6 nitrogen and oxygen atoms in total. The van der Waals surface area contributed by atoms with E-state index in [4.69, 9.17) is 28.6 Å². The van der Waals surface area contributed by atoms with Gasteiger partial charge in [-0.25, -0.2) is 0 Å². The lowest BCUT2D eigenvalue weighted by molar-refractivity contribution is -0.121. The maximum Gasteiger partial charge on any atom is 0.269 e. The summed E-state index contributed by atoms with van der Waals surface area (Å²) in [6.45, 7) is 3.72. The number of benzene rings is 1. The minimum absolute atomic E-state index is 0.109. The molecule has 30 heavy (non-hydrogen) atoms. The number of hydrogen-bond acceptors (Lipinski definition) is 6. The number of hydrogen-bond donors (Lipinski definition) is 0. The smallest absolute Gasteiger partial charge is 0.269 e. The molecule has 0 N–H and O–H groups in total. The number of aryl methyl sites for hydroxylation is 2. The molecule has 3 aromatic rings. The molecule has 1 aliphatic heterocycles. The maximum absolute atomic E-state index is 13.3. The van der Waals surface area contributed by atoms with Gasteiger partial charge in [0.05, 0.1) is 4.91 Å². The van der Waals surface area contributed by atoms with E-state index in [2.05, 4.69) is 4.98 Å². The summed E-state index contributed by atoms with van der Waals surface area (Å²) < 4.78 is 7.86. The molecule has 0 atom stereocenters. The monoisotopic (exact) mass is 457 g/mol. The summed E-state index contributed by atoms with van der Waals surface area (Å²) in [5.41, 5.74) is 1.95. The van der Waals surface area contributed by atoms with Crippen LogP contribution in [0.25, 0.3) is 11.7 Å². The van der Waals surface area contributed by atoms with Crippen LogP contribution in [0.2, 0.25) is 5.02 Å². The first-order chi connectivity index (χ1) is 14.3. The van der Waals surface area contributed by atoms with Crippen LogP contribution in [0.3, 0.4) is 0 Å². The number of amides is 1. The molecule has 4 rings (SSSR count). The molecule has 9 heteroatoms. The van der Waals surface area contributed by atoms with E-state index in [-0.39, 0.29) is 22.9 Å². The number of thioether (sulfide) groups is 1. The van der Waals surface area contributed by atoms with Gasteiger partial charge in [-0.15, -0.1) is 0 Å². The first-order valence-corrected chi connectivity index (χ1v) is 10.5. The second-order valence-corrected chi connectivity index (χ2v) is 8.86. The number of fused-ring (bicyclic) bond motifs is 1. The lowest BCUT2D eigenvalue weighted by Crippen LogP contribution is -2.23. The second-order valence-electron chi connectivity index (χ2n) is 6.77. The number of halogens is 1. The fourth-order valence-corrected chi connectivity index (χ4v) is 4.24. The lowest BCUT2D eigenvalue weighted by Gasteiger charge is -2.12. The topological polar surface area (TPSA) is 63.9 Å². The van der Waals surface area contributed by atoms with Crippen LogP contribution in [0.1, 0.15) is 16.7 Å². The van der Waals surface area contributed by atoms with E-state index in [1.54, 1.807) is 37.5 Å². The van der Waals surface area contributed by atoms with Crippen molar-refractivity contribution in [1.29, 1.82) is 0 Å². The minimum atomic E-state index is -0.342. The van der Waals surface area contributed by atoms with Crippen LogP contribution in [0, 0.1) is 13.8 Å². The molecule has 0 radical (unpaired) electrons. The Labute approximate surface area is 187 Å². The van der Waals surface area contributed by atoms with Crippen molar-refractivity contribution in [3.63, 3.8) is 0 Å². The van der Waals surface area contributed by atoms with E-state index < -0.39 is 0 Å². The number of rotatable bonds is 3. The van der Waals surface area contributed by atoms with Crippen LogP contribution in [-0.2, 0) is 4.79 Å². The predicted octanol–water partition coefficient (Wildman–Crippen LogP) is 4.59. The van der Waals surface area contributed by atoms with Crippen molar-refractivity contribution in [2.45, 2.75) is 13.8 Å². The molecular formula is C21H16ClN3O3S2. The standard InChI is InChI=1S/C21H16ClN3O3S2/c1-11-5-4-8-25-17(11)23-18(28-13-6-7-15(22)12(2)9-13)14(19(25)26)10-16-20(27)24(3)21(29)30-16/h4-10H,1-3H3/b16-10+. The number of pyridine rings is 1. The van der Waals surface area contributed by atoms with Gasteiger partial charge >= 0.3 is 0 Å². The predicted molar refractivity (Wildman–Crippen MR) is 123 cm³/mol. The maximum atomic E-state index is 13.3. The van der Waals surface area contributed by atoms with E-state index in [9.17, 15) is 9.59 Å². The summed E-state index contributed by atoms with van der Waals surface area (Å²) in [6, 6.07) is 8.81. The third-order valence-electron chi connectivity index (χ3n) is 4.66. The van der Waals surface area contributed by atoms with E-state index in [1.165, 1.54) is 15.4 Å². The SMILES string of the molecule is Cc1cc(Oc2nc3c(C)cccn3c(=O)c2/C=C2/SC(=S)N(C)C2=O)ccc1Cl. The third-order valence-corrected chi connectivity index (χ3v) is 6.56. The summed E-state index contributed by atoms with van der Waals surface area (Å²) >= 11 is 12.4. The van der Waals surface area contributed by atoms with Crippen molar-refractivity contribution < 1.29 is 9.53 Å². The van der Waals surface area contributed by atoms with Crippen LogP contribution in [0.15, 0.2) is 46.2 Å². The molecule has 2 aromatic heterocycles. The Kier molecular flexibility index (Phi) is 5.40. The van der Waals surface area contributed by atoms with Gasteiger partial charge in [0.15, 0.2) is 0 Å². The quantitative estimate of drug-likeness (QED) is 0.423. The van der Waals surface area contributed by atoms with Crippen molar-refractivity contribution in [2.75, 3.05) is 7.05 Å². The van der Waals surface area contributed by atoms with Gasteiger partial charge in [0.1, 0.15) is 21.3 Å². The first-order valence-electron chi connectivity index (χ1n) is 8.94. The van der Waals surface area contributed by atoms with E-state index in [0.29, 0.717) is 25.6 Å². The van der Waals surface area contributed by atoms with Crippen molar-refractivity contribution >= 4 is 57.5 Å². The molecule has 3 heterocycles. The van der Waals surface area contributed by atoms with E-state index in [1.807, 2.05) is 19.9 Å². The zero-order chi connectivity index (χ0) is 21.6. The number of thiocarbonyl (C=S) groups is 1. The van der Waals surface area contributed by atoms with Crippen molar-refractivity contribution in [1.82, 2.24) is 14.3 Å². The van der Waals surface area contributed by atoms with Gasteiger partial charge in [0.25, 0.3) is 11.5 Å². The summed E-state index contributed by atoms with van der Waals surface area (Å²) in [6.07, 6.45) is 3.13. The summed E-state index contributed by atoms with van der Waals surface area (Å²) in [5, 5.41) is 0.608. The van der Waals surface area contributed by atoms with E-state index in [0.717, 1.165) is 22.9 Å². The average Bonchev–Trinajstić information content (AvgIpc) is 2.95. The van der Waals surface area contributed by atoms with Gasteiger partial charge in [-0.3, -0.25) is 18.9 Å². The summed E-state index contributed by atoms with van der Waals surface area (Å²) in [7, 11) is 1.60. The number of aromatic nitrogens is 2.